The molecule has 1 saturated carbocycles. The van der Waals surface area contributed by atoms with E-state index in [0.29, 0.717) is 5.69 Å². The number of benzene rings is 2. The van der Waals surface area contributed by atoms with Crippen molar-refractivity contribution in [2.75, 3.05) is 5.32 Å². The van der Waals surface area contributed by atoms with Crippen molar-refractivity contribution < 1.29 is 14.3 Å². The number of carbonyl (C=O) groups is 1. The number of aliphatic hydroxyl groups excluding tert-OH is 1. The van der Waals surface area contributed by atoms with Crippen molar-refractivity contribution in [2.45, 2.75) is 12.8 Å². The first-order valence-corrected chi connectivity index (χ1v) is 8.19. The van der Waals surface area contributed by atoms with Gasteiger partial charge in [0.15, 0.2) is 5.57 Å². The molecule has 0 radical (unpaired) electrons. The number of nitrogens with zero attached hydrogens (tertiary/aromatic N) is 1. The average molecular weight is 348 g/mol. The van der Waals surface area contributed by atoms with Gasteiger partial charge in [0.05, 0.1) is 0 Å². The summed E-state index contributed by atoms with van der Waals surface area (Å²) in [5, 5.41) is 21.6. The first-order valence-electron chi connectivity index (χ1n) is 8.19. The van der Waals surface area contributed by atoms with Crippen LogP contribution >= 0.6 is 0 Å². The number of hydrogen-bond acceptors (Lipinski definition) is 3. The fourth-order valence-electron chi connectivity index (χ4n) is 2.55. The fraction of sp³-hybridized carbons (Fsp3) is 0.143. The van der Waals surface area contributed by atoms with Crippen LogP contribution < -0.4 is 5.32 Å². The summed E-state index contributed by atoms with van der Waals surface area (Å²) in [4.78, 5) is 12.2. The van der Waals surface area contributed by atoms with Crippen LogP contribution in [0.4, 0.5) is 10.1 Å². The lowest BCUT2D eigenvalue weighted by Gasteiger charge is -2.09. The summed E-state index contributed by atoms with van der Waals surface area (Å²) >= 11 is 0. The smallest absolute Gasteiger partial charge is 0.269 e. The second kappa shape index (κ2) is 7.24. The number of amides is 1. The Kier molecular flexibility index (Phi) is 4.85. The SMILES string of the molecule is C=C(c1ccc(F)cc1)c1ccc(NC(=O)C(C#N)=C(O)C2CC2)cc1. The minimum absolute atomic E-state index is 0.0724. The molecule has 0 atom stereocenters. The summed E-state index contributed by atoms with van der Waals surface area (Å²) in [6, 6.07) is 14.7. The third-order valence-electron chi connectivity index (χ3n) is 4.24. The van der Waals surface area contributed by atoms with Crippen LogP contribution in [-0.2, 0) is 4.79 Å². The summed E-state index contributed by atoms with van der Waals surface area (Å²) in [7, 11) is 0. The van der Waals surface area contributed by atoms with E-state index in [-0.39, 0.29) is 23.1 Å². The first-order chi connectivity index (χ1) is 12.5. The minimum atomic E-state index is -0.623. The third kappa shape index (κ3) is 3.81. The highest BCUT2D eigenvalue weighted by atomic mass is 19.1. The van der Waals surface area contributed by atoms with Crippen LogP contribution in [0.2, 0.25) is 0 Å². The van der Waals surface area contributed by atoms with Crippen molar-refractivity contribution in [3.8, 4) is 6.07 Å². The second-order valence-electron chi connectivity index (χ2n) is 6.16. The van der Waals surface area contributed by atoms with Gasteiger partial charge in [0.1, 0.15) is 17.6 Å². The molecule has 0 saturated heterocycles. The molecule has 0 bridgehead atoms. The highest BCUT2D eigenvalue weighted by molar-refractivity contribution is 6.07. The monoisotopic (exact) mass is 348 g/mol. The van der Waals surface area contributed by atoms with Gasteiger partial charge in [-0.15, -0.1) is 0 Å². The molecule has 0 spiro atoms. The van der Waals surface area contributed by atoms with Gasteiger partial charge in [0.25, 0.3) is 5.91 Å². The molecule has 0 heterocycles. The Morgan fingerprint density at radius 1 is 1.12 bits per heavy atom. The Hall–Kier alpha value is -3.39. The van der Waals surface area contributed by atoms with Crippen LogP contribution in [0.1, 0.15) is 24.0 Å². The maximum atomic E-state index is 13.0. The number of halogens is 1. The van der Waals surface area contributed by atoms with Gasteiger partial charge >= 0.3 is 0 Å². The highest BCUT2D eigenvalue weighted by Crippen LogP contribution is 2.36. The molecule has 26 heavy (non-hydrogen) atoms. The number of hydrogen-bond donors (Lipinski definition) is 2. The van der Waals surface area contributed by atoms with E-state index >= 15 is 0 Å². The zero-order chi connectivity index (χ0) is 18.7. The lowest BCUT2D eigenvalue weighted by Crippen LogP contribution is -2.16. The number of anilines is 1. The van der Waals surface area contributed by atoms with Gasteiger partial charge in [-0.25, -0.2) is 4.39 Å². The molecule has 1 aliphatic carbocycles. The van der Waals surface area contributed by atoms with Gasteiger partial charge in [0, 0.05) is 11.6 Å². The number of carbonyl (C=O) groups excluding carboxylic acids is 1. The van der Waals surface area contributed by atoms with Crippen molar-refractivity contribution in [1.82, 2.24) is 0 Å². The van der Waals surface area contributed by atoms with Gasteiger partial charge in [-0.1, -0.05) is 30.8 Å². The van der Waals surface area contributed by atoms with Crippen LogP contribution in [0, 0.1) is 23.1 Å². The molecule has 130 valence electrons. The summed E-state index contributed by atoms with van der Waals surface area (Å²) in [5.74, 6) is -1.14. The number of nitriles is 1. The van der Waals surface area contributed by atoms with E-state index in [0.717, 1.165) is 29.5 Å². The standard InChI is InChI=1S/C21H17FN2O2/c1-13(14-4-8-17(22)9-5-14)15-6-10-18(11-7-15)24-21(26)19(12-23)20(25)16-2-3-16/h4-11,16,25H,1-3H2,(H,24,26). The quantitative estimate of drug-likeness (QED) is 0.472. The number of aliphatic hydroxyl groups is 1. The third-order valence-corrected chi connectivity index (χ3v) is 4.24. The maximum Gasteiger partial charge on any atom is 0.269 e. The van der Waals surface area contributed by atoms with Crippen molar-refractivity contribution >= 4 is 17.2 Å². The fourth-order valence-corrected chi connectivity index (χ4v) is 2.55. The predicted molar refractivity (Wildman–Crippen MR) is 97.6 cm³/mol. The van der Waals surface area contributed by atoms with Crippen LogP contribution in [0.3, 0.4) is 0 Å². The lowest BCUT2D eigenvalue weighted by atomic mass is 9.99. The summed E-state index contributed by atoms with van der Waals surface area (Å²) in [5.41, 5.74) is 2.61. The molecule has 4 nitrogen and oxygen atoms in total. The van der Waals surface area contributed by atoms with Gasteiger partial charge in [-0.05, 0) is 53.8 Å². The summed E-state index contributed by atoms with van der Waals surface area (Å²) in [6.07, 6.45) is 1.59. The highest BCUT2D eigenvalue weighted by Gasteiger charge is 2.30. The summed E-state index contributed by atoms with van der Waals surface area (Å²) < 4.78 is 13.0. The Bertz CT molecular complexity index is 918. The van der Waals surface area contributed by atoms with Gasteiger partial charge in [0.2, 0.25) is 0 Å². The zero-order valence-corrected chi connectivity index (χ0v) is 14.0. The topological polar surface area (TPSA) is 73.1 Å². The number of rotatable bonds is 5. The largest absolute Gasteiger partial charge is 0.510 e. The van der Waals surface area contributed by atoms with Crippen molar-refractivity contribution in [3.05, 3.63) is 83.4 Å². The summed E-state index contributed by atoms with van der Waals surface area (Å²) in [6.45, 7) is 4.01. The van der Waals surface area contributed by atoms with Crippen molar-refractivity contribution in [1.29, 1.82) is 5.26 Å². The number of nitrogens with one attached hydrogen (secondary N) is 1. The van der Waals surface area contributed by atoms with E-state index in [1.807, 2.05) is 0 Å². The van der Waals surface area contributed by atoms with Gasteiger partial charge < -0.3 is 10.4 Å². The maximum absolute atomic E-state index is 13.0. The second-order valence-corrected chi connectivity index (χ2v) is 6.16. The molecular formula is C21H17FN2O2. The van der Waals surface area contributed by atoms with Crippen LogP contribution in [-0.4, -0.2) is 11.0 Å². The Morgan fingerprint density at radius 3 is 2.15 bits per heavy atom. The number of allylic oxidation sites excluding steroid dienone is 1. The average Bonchev–Trinajstić information content (AvgIpc) is 3.48. The minimum Gasteiger partial charge on any atom is -0.510 e. The van der Waals surface area contributed by atoms with E-state index in [4.69, 9.17) is 5.26 Å². The van der Waals surface area contributed by atoms with Crippen LogP contribution in [0.15, 0.2) is 66.4 Å². The molecule has 1 fully saturated rings. The van der Waals surface area contributed by atoms with E-state index in [2.05, 4.69) is 11.9 Å². The van der Waals surface area contributed by atoms with Crippen LogP contribution in [0.25, 0.3) is 5.57 Å². The van der Waals surface area contributed by atoms with Crippen molar-refractivity contribution in [3.63, 3.8) is 0 Å². The molecule has 2 N–H and O–H groups in total. The molecule has 0 unspecified atom stereocenters. The first kappa shape index (κ1) is 17.4. The molecule has 0 aromatic heterocycles. The molecule has 2 aromatic carbocycles. The Morgan fingerprint density at radius 2 is 1.65 bits per heavy atom. The molecule has 3 rings (SSSR count). The lowest BCUT2D eigenvalue weighted by molar-refractivity contribution is -0.112. The predicted octanol–water partition coefficient (Wildman–Crippen LogP) is 4.57. The van der Waals surface area contributed by atoms with E-state index < -0.39 is 5.91 Å². The van der Waals surface area contributed by atoms with Gasteiger partial charge in [-0.2, -0.15) is 5.26 Å². The van der Waals surface area contributed by atoms with E-state index in [1.54, 1.807) is 42.5 Å². The molecule has 0 aliphatic heterocycles. The molecule has 2 aromatic rings. The van der Waals surface area contributed by atoms with Gasteiger partial charge in [-0.3, -0.25) is 4.79 Å². The normalized spacial score (nSPS) is 14.2. The molecular weight excluding hydrogens is 331 g/mol. The van der Waals surface area contributed by atoms with Crippen LogP contribution in [0.5, 0.6) is 0 Å². The molecule has 1 amide bonds. The Labute approximate surface area is 150 Å². The van der Waals surface area contributed by atoms with E-state index in [9.17, 15) is 14.3 Å². The van der Waals surface area contributed by atoms with Crippen molar-refractivity contribution in [2.24, 2.45) is 5.92 Å². The molecule has 1 aliphatic rings. The Balaban J connectivity index is 1.72. The zero-order valence-electron chi connectivity index (χ0n) is 14.0. The molecule has 5 heteroatoms. The van der Waals surface area contributed by atoms with E-state index in [1.165, 1.54) is 12.1 Å².